The molecule has 1 atom stereocenters. The van der Waals surface area contributed by atoms with Crippen molar-refractivity contribution in [2.24, 2.45) is 5.92 Å². The van der Waals surface area contributed by atoms with E-state index in [0.717, 1.165) is 41.6 Å². The van der Waals surface area contributed by atoms with Crippen molar-refractivity contribution in [1.29, 1.82) is 0 Å². The maximum absolute atomic E-state index is 13.5. The summed E-state index contributed by atoms with van der Waals surface area (Å²) in [6.45, 7) is 4.41. The highest BCUT2D eigenvalue weighted by Gasteiger charge is 2.34. The summed E-state index contributed by atoms with van der Waals surface area (Å²) in [5, 5.41) is 11.9. The van der Waals surface area contributed by atoms with Gasteiger partial charge in [-0.05, 0) is 54.3 Å². The number of benzene rings is 4. The van der Waals surface area contributed by atoms with Crippen molar-refractivity contribution >= 4 is 75.7 Å². The molecular formula is C30H26BrF3N2O3S3. The average Bonchev–Trinajstić information content (AvgIpc) is 3.32. The number of nitrogens with zero attached hydrogens (tertiary/aromatic N) is 1. The van der Waals surface area contributed by atoms with Crippen molar-refractivity contribution in [2.45, 2.75) is 53.4 Å². The number of sulfonamides is 1. The number of fused-ring (bicyclic) bond motifs is 2. The number of nitrogens with one attached hydrogen (secondary N) is 1. The van der Waals surface area contributed by atoms with Gasteiger partial charge < -0.3 is 5.11 Å². The molecule has 0 aliphatic carbocycles. The second kappa shape index (κ2) is 12.1. The Kier molecular flexibility index (Phi) is 8.80. The smallest absolute Gasteiger partial charge is 0.417 e. The van der Waals surface area contributed by atoms with Gasteiger partial charge in [0.1, 0.15) is 5.75 Å². The van der Waals surface area contributed by atoms with Crippen LogP contribution in [0, 0.1) is 5.92 Å². The molecule has 0 saturated carbocycles. The molecule has 0 radical (unpaired) electrons. The third kappa shape index (κ3) is 6.56. The minimum atomic E-state index is -4.74. The monoisotopic (exact) mass is 694 g/mol. The number of hydrogen-bond acceptors (Lipinski definition) is 6. The molecule has 220 valence electrons. The summed E-state index contributed by atoms with van der Waals surface area (Å²) in [6, 6.07) is 17.1. The predicted octanol–water partition coefficient (Wildman–Crippen LogP) is 9.87. The van der Waals surface area contributed by atoms with E-state index in [1.54, 1.807) is 24.3 Å². The molecule has 1 aromatic heterocycles. The first-order valence-electron chi connectivity index (χ1n) is 13.1. The van der Waals surface area contributed by atoms with Gasteiger partial charge in [0, 0.05) is 15.2 Å². The lowest BCUT2D eigenvalue weighted by Crippen LogP contribution is -2.15. The Hall–Kier alpha value is -2.80. The normalized spacial score (nSPS) is 13.1. The maximum atomic E-state index is 13.5. The van der Waals surface area contributed by atoms with Gasteiger partial charge in [-0.3, -0.25) is 4.72 Å². The van der Waals surface area contributed by atoms with Crippen molar-refractivity contribution in [3.63, 3.8) is 0 Å². The van der Waals surface area contributed by atoms with Crippen LogP contribution in [-0.2, 0) is 22.6 Å². The summed E-state index contributed by atoms with van der Waals surface area (Å²) >= 11 is 5.51. The molecule has 0 fully saturated rings. The summed E-state index contributed by atoms with van der Waals surface area (Å²) in [7, 11) is -4.42. The second-order valence-corrected chi connectivity index (χ2v) is 14.9. The van der Waals surface area contributed by atoms with E-state index in [1.807, 2.05) is 6.07 Å². The van der Waals surface area contributed by atoms with Gasteiger partial charge in [-0.2, -0.15) is 13.2 Å². The van der Waals surface area contributed by atoms with Gasteiger partial charge in [0.05, 0.1) is 31.3 Å². The second-order valence-electron chi connectivity index (χ2n) is 10.0. The number of rotatable bonds is 9. The molecule has 42 heavy (non-hydrogen) atoms. The maximum Gasteiger partial charge on any atom is 0.417 e. The number of anilines is 1. The van der Waals surface area contributed by atoms with Crippen LogP contribution in [0.3, 0.4) is 0 Å². The van der Waals surface area contributed by atoms with Crippen molar-refractivity contribution < 1.29 is 26.7 Å². The highest BCUT2D eigenvalue weighted by atomic mass is 79.9. The van der Waals surface area contributed by atoms with E-state index in [9.17, 15) is 26.7 Å². The fourth-order valence-corrected chi connectivity index (χ4v) is 8.55. The lowest BCUT2D eigenvalue weighted by molar-refractivity contribution is -0.138. The van der Waals surface area contributed by atoms with Crippen molar-refractivity contribution in [1.82, 2.24) is 4.98 Å². The molecule has 12 heteroatoms. The van der Waals surface area contributed by atoms with E-state index in [0.29, 0.717) is 32.0 Å². The molecule has 0 aliphatic heterocycles. The van der Waals surface area contributed by atoms with Gasteiger partial charge >= 0.3 is 6.18 Å². The first-order chi connectivity index (χ1) is 19.9. The van der Waals surface area contributed by atoms with E-state index >= 15 is 0 Å². The number of phenols is 1. The lowest BCUT2D eigenvalue weighted by Gasteiger charge is -2.16. The Morgan fingerprint density at radius 2 is 1.81 bits per heavy atom. The summed E-state index contributed by atoms with van der Waals surface area (Å²) in [4.78, 5) is 4.51. The lowest BCUT2D eigenvalue weighted by atomic mass is 9.97. The highest BCUT2D eigenvalue weighted by molar-refractivity contribution is 9.10. The van der Waals surface area contributed by atoms with E-state index < -0.39 is 26.7 Å². The van der Waals surface area contributed by atoms with Crippen LogP contribution in [0.5, 0.6) is 5.75 Å². The van der Waals surface area contributed by atoms with Gasteiger partial charge in [0.2, 0.25) is 0 Å². The molecule has 5 aromatic rings. The SMILES string of the molecule is CCCC(C)Cc1ccc2nc(Sc3cc(NS(=O)(=O)c4ccc(Br)c(C(F)(F)F)c4)c4ccccc4c3O)sc2c1. The van der Waals surface area contributed by atoms with Crippen molar-refractivity contribution in [2.75, 3.05) is 4.72 Å². The predicted molar refractivity (Wildman–Crippen MR) is 167 cm³/mol. The van der Waals surface area contributed by atoms with Gasteiger partial charge in [0.15, 0.2) is 4.34 Å². The van der Waals surface area contributed by atoms with E-state index in [2.05, 4.69) is 46.6 Å². The Labute approximate surface area is 258 Å². The van der Waals surface area contributed by atoms with Crippen LogP contribution in [0.15, 0.2) is 85.3 Å². The molecule has 0 bridgehead atoms. The third-order valence-corrected chi connectivity index (χ3v) is 10.9. The first kappa shape index (κ1) is 30.7. The molecule has 0 spiro atoms. The molecule has 0 aliphatic rings. The highest BCUT2D eigenvalue weighted by Crippen LogP contribution is 2.45. The van der Waals surface area contributed by atoms with Crippen LogP contribution in [0.25, 0.3) is 21.0 Å². The minimum absolute atomic E-state index is 0.0464. The topological polar surface area (TPSA) is 79.3 Å². The van der Waals surface area contributed by atoms with Crippen LogP contribution in [0.4, 0.5) is 18.9 Å². The zero-order valence-electron chi connectivity index (χ0n) is 22.5. The number of aromatic hydroxyl groups is 1. The molecule has 4 aromatic carbocycles. The number of phenolic OH excluding ortho intramolecular Hbond substituents is 1. The van der Waals surface area contributed by atoms with Crippen LogP contribution < -0.4 is 4.72 Å². The number of thiazole rings is 1. The minimum Gasteiger partial charge on any atom is -0.506 e. The molecule has 0 saturated heterocycles. The van der Waals surface area contributed by atoms with Crippen LogP contribution in [0.2, 0.25) is 0 Å². The standard InChI is InChI=1S/C30H26BrF3N2O3S3/c1-3-6-17(2)13-18-9-12-24-26(14-18)40-29(35-24)41-27-16-25(20-7-4-5-8-21(20)28(27)37)36-42(38,39)19-10-11-23(31)22(15-19)30(32,33)34/h4-5,7-12,14-17,36-37H,3,6,13H2,1-2H3. The fraction of sp³-hybridized carbons (Fsp3) is 0.233. The van der Waals surface area contributed by atoms with Crippen molar-refractivity contribution in [3.8, 4) is 5.75 Å². The molecule has 5 rings (SSSR count). The van der Waals surface area contributed by atoms with Crippen LogP contribution in [-0.4, -0.2) is 18.5 Å². The fourth-order valence-electron chi connectivity index (χ4n) is 4.80. The first-order valence-corrected chi connectivity index (χ1v) is 17.0. The van der Waals surface area contributed by atoms with Crippen LogP contribution in [0.1, 0.15) is 37.8 Å². The summed E-state index contributed by atoms with van der Waals surface area (Å²) in [5.41, 5.74) is 1.08. The molecule has 2 N–H and O–H groups in total. The largest absolute Gasteiger partial charge is 0.506 e. The Morgan fingerprint density at radius 3 is 2.52 bits per heavy atom. The van der Waals surface area contributed by atoms with Crippen molar-refractivity contribution in [3.05, 3.63) is 82.3 Å². The molecule has 0 amide bonds. The molecular weight excluding hydrogens is 669 g/mol. The third-order valence-electron chi connectivity index (χ3n) is 6.78. The van der Waals surface area contributed by atoms with Crippen LogP contribution >= 0.6 is 39.0 Å². The van der Waals surface area contributed by atoms with Gasteiger partial charge in [-0.25, -0.2) is 13.4 Å². The quantitative estimate of drug-likeness (QED) is 0.150. The number of halogens is 4. The van der Waals surface area contributed by atoms with E-state index in [4.69, 9.17) is 4.98 Å². The Bertz CT molecular complexity index is 1890. The summed E-state index contributed by atoms with van der Waals surface area (Å²) in [5.74, 6) is 0.526. The molecule has 1 unspecified atom stereocenters. The Balaban J connectivity index is 1.50. The van der Waals surface area contributed by atoms with Gasteiger partial charge in [0.25, 0.3) is 10.0 Å². The van der Waals surface area contributed by atoms with E-state index in [1.165, 1.54) is 34.7 Å². The Morgan fingerprint density at radius 1 is 1.07 bits per heavy atom. The number of aromatic nitrogens is 1. The zero-order chi connectivity index (χ0) is 30.2. The van der Waals surface area contributed by atoms with Gasteiger partial charge in [-0.15, -0.1) is 11.3 Å². The summed E-state index contributed by atoms with van der Waals surface area (Å²) in [6.07, 6.45) is -1.48. The molecule has 5 nitrogen and oxygen atoms in total. The number of hydrogen-bond donors (Lipinski definition) is 2. The van der Waals surface area contributed by atoms with E-state index in [-0.39, 0.29) is 15.9 Å². The summed E-state index contributed by atoms with van der Waals surface area (Å²) < 4.78 is 70.8. The zero-order valence-corrected chi connectivity index (χ0v) is 26.5. The number of alkyl halides is 3. The molecule has 1 heterocycles. The van der Waals surface area contributed by atoms with Gasteiger partial charge in [-0.1, -0.05) is 84.7 Å². The average molecular weight is 696 g/mol.